The van der Waals surface area contributed by atoms with E-state index in [9.17, 15) is 0 Å². The van der Waals surface area contributed by atoms with Crippen LogP contribution in [0.3, 0.4) is 0 Å². The molecule has 1 saturated carbocycles. The molecule has 13 heavy (non-hydrogen) atoms. The highest BCUT2D eigenvalue weighted by molar-refractivity contribution is 9.09. The fourth-order valence-electron chi connectivity index (χ4n) is 2.54. The van der Waals surface area contributed by atoms with Crippen molar-refractivity contribution in [3.05, 3.63) is 0 Å². The van der Waals surface area contributed by atoms with Crippen molar-refractivity contribution in [3.63, 3.8) is 0 Å². The van der Waals surface area contributed by atoms with E-state index in [2.05, 4.69) is 36.7 Å². The average molecular weight is 247 g/mol. The predicted molar refractivity (Wildman–Crippen MR) is 63.3 cm³/mol. The van der Waals surface area contributed by atoms with Crippen molar-refractivity contribution in [1.29, 1.82) is 0 Å². The summed E-state index contributed by atoms with van der Waals surface area (Å²) in [5.41, 5.74) is 0. The Morgan fingerprint density at radius 3 is 2.54 bits per heavy atom. The molecule has 1 fully saturated rings. The Hall–Kier alpha value is 0.480. The Morgan fingerprint density at radius 2 is 2.00 bits per heavy atom. The molecule has 0 aliphatic heterocycles. The van der Waals surface area contributed by atoms with E-state index in [1.807, 2.05) is 0 Å². The summed E-state index contributed by atoms with van der Waals surface area (Å²) in [5.74, 6) is 2.82. The first-order valence-corrected chi connectivity index (χ1v) is 6.69. The summed E-state index contributed by atoms with van der Waals surface area (Å²) >= 11 is 3.84. The first-order valence-electron chi connectivity index (χ1n) is 5.77. The van der Waals surface area contributed by atoms with Crippen LogP contribution in [-0.2, 0) is 0 Å². The largest absolute Gasteiger partial charge is 0.0888 e. The van der Waals surface area contributed by atoms with Crippen LogP contribution in [0, 0.1) is 17.8 Å². The highest BCUT2D eigenvalue weighted by Gasteiger charge is 2.28. The first-order chi connectivity index (χ1) is 6.13. The smallest absolute Gasteiger partial charge is 0.0174 e. The molecule has 1 heteroatoms. The number of alkyl halides is 1. The minimum atomic E-state index is 0.803. The summed E-state index contributed by atoms with van der Waals surface area (Å²) in [7, 11) is 0. The van der Waals surface area contributed by atoms with E-state index < -0.39 is 0 Å². The zero-order valence-corrected chi connectivity index (χ0v) is 10.8. The standard InChI is InChI=1S/C12H23Br/c1-4-10-5-6-12(13)11(8-10)7-9(2)3/h9-12H,4-8H2,1-3H3. The maximum atomic E-state index is 3.84. The lowest BCUT2D eigenvalue weighted by atomic mass is 9.77. The van der Waals surface area contributed by atoms with Crippen LogP contribution in [0.4, 0.5) is 0 Å². The van der Waals surface area contributed by atoms with Gasteiger partial charge in [0, 0.05) is 4.83 Å². The SMILES string of the molecule is CCC1CCC(Br)C(CC(C)C)C1. The lowest BCUT2D eigenvalue weighted by Gasteiger charge is -2.33. The van der Waals surface area contributed by atoms with Gasteiger partial charge in [0.25, 0.3) is 0 Å². The van der Waals surface area contributed by atoms with Gasteiger partial charge in [-0.1, -0.05) is 43.1 Å². The van der Waals surface area contributed by atoms with Crippen LogP contribution in [-0.4, -0.2) is 4.83 Å². The third kappa shape index (κ3) is 3.61. The molecule has 1 aliphatic rings. The average Bonchev–Trinajstić information content (AvgIpc) is 2.08. The molecule has 0 aromatic heterocycles. The number of hydrogen-bond donors (Lipinski definition) is 0. The summed E-state index contributed by atoms with van der Waals surface area (Å²) in [6, 6.07) is 0. The summed E-state index contributed by atoms with van der Waals surface area (Å²) in [5, 5.41) is 0. The van der Waals surface area contributed by atoms with E-state index in [1.54, 1.807) is 0 Å². The molecule has 0 radical (unpaired) electrons. The van der Waals surface area contributed by atoms with Crippen LogP contribution in [0.25, 0.3) is 0 Å². The van der Waals surface area contributed by atoms with Crippen molar-refractivity contribution in [3.8, 4) is 0 Å². The molecule has 0 saturated heterocycles. The van der Waals surface area contributed by atoms with Crippen molar-refractivity contribution >= 4 is 15.9 Å². The van der Waals surface area contributed by atoms with Crippen molar-refractivity contribution in [1.82, 2.24) is 0 Å². The van der Waals surface area contributed by atoms with Crippen molar-refractivity contribution < 1.29 is 0 Å². The second-order valence-corrected chi connectivity index (χ2v) is 6.17. The van der Waals surface area contributed by atoms with Gasteiger partial charge in [-0.15, -0.1) is 0 Å². The molecule has 0 spiro atoms. The number of halogens is 1. The van der Waals surface area contributed by atoms with Gasteiger partial charge in [-0.3, -0.25) is 0 Å². The maximum absolute atomic E-state index is 3.84. The third-order valence-corrected chi connectivity index (χ3v) is 4.56. The Kier molecular flexibility index (Phi) is 4.78. The van der Waals surface area contributed by atoms with Gasteiger partial charge in [-0.25, -0.2) is 0 Å². The molecule has 0 aromatic rings. The second kappa shape index (κ2) is 5.38. The van der Waals surface area contributed by atoms with Gasteiger partial charge in [0.05, 0.1) is 0 Å². The van der Waals surface area contributed by atoms with E-state index in [4.69, 9.17) is 0 Å². The molecule has 0 heterocycles. The molecule has 78 valence electrons. The summed E-state index contributed by atoms with van der Waals surface area (Å²) in [6.07, 6.45) is 7.10. The molecule has 0 bridgehead atoms. The van der Waals surface area contributed by atoms with Gasteiger partial charge in [0.1, 0.15) is 0 Å². The Morgan fingerprint density at radius 1 is 1.31 bits per heavy atom. The summed E-state index contributed by atoms with van der Waals surface area (Å²) in [4.78, 5) is 0.803. The van der Waals surface area contributed by atoms with Crippen LogP contribution in [0.15, 0.2) is 0 Å². The topological polar surface area (TPSA) is 0 Å². The summed E-state index contributed by atoms with van der Waals surface area (Å²) in [6.45, 7) is 7.02. The molecule has 0 amide bonds. The minimum absolute atomic E-state index is 0.803. The number of hydrogen-bond acceptors (Lipinski definition) is 0. The van der Waals surface area contributed by atoms with E-state index in [0.29, 0.717) is 0 Å². The molecule has 1 rings (SSSR count). The molecule has 3 atom stereocenters. The zero-order valence-electron chi connectivity index (χ0n) is 9.22. The van der Waals surface area contributed by atoms with E-state index >= 15 is 0 Å². The van der Waals surface area contributed by atoms with E-state index in [0.717, 1.165) is 22.6 Å². The highest BCUT2D eigenvalue weighted by atomic mass is 79.9. The van der Waals surface area contributed by atoms with Crippen molar-refractivity contribution in [2.24, 2.45) is 17.8 Å². The molecule has 3 unspecified atom stereocenters. The van der Waals surface area contributed by atoms with Gasteiger partial charge in [-0.2, -0.15) is 0 Å². The second-order valence-electron chi connectivity index (χ2n) is 4.99. The molecule has 1 aliphatic carbocycles. The predicted octanol–water partition coefficient (Wildman–Crippen LogP) is 4.62. The van der Waals surface area contributed by atoms with Crippen LogP contribution >= 0.6 is 15.9 Å². The lowest BCUT2D eigenvalue weighted by Crippen LogP contribution is -2.26. The summed E-state index contributed by atoms with van der Waals surface area (Å²) < 4.78 is 0. The zero-order chi connectivity index (χ0) is 9.84. The molecule has 0 N–H and O–H groups in total. The first kappa shape index (κ1) is 11.6. The molecular formula is C12H23Br. The molecule has 0 aromatic carbocycles. The van der Waals surface area contributed by atoms with Crippen molar-refractivity contribution in [2.75, 3.05) is 0 Å². The van der Waals surface area contributed by atoms with Gasteiger partial charge in [0.15, 0.2) is 0 Å². The van der Waals surface area contributed by atoms with Crippen LogP contribution in [0.5, 0.6) is 0 Å². The van der Waals surface area contributed by atoms with Crippen LogP contribution in [0.1, 0.15) is 52.9 Å². The van der Waals surface area contributed by atoms with E-state index in [1.165, 1.54) is 32.1 Å². The fraction of sp³-hybridized carbons (Fsp3) is 1.00. The Labute approximate surface area is 91.6 Å². The third-order valence-electron chi connectivity index (χ3n) is 3.35. The van der Waals surface area contributed by atoms with Crippen molar-refractivity contribution in [2.45, 2.75) is 57.7 Å². The lowest BCUT2D eigenvalue weighted by molar-refractivity contribution is 0.242. The number of rotatable bonds is 3. The fourth-order valence-corrected chi connectivity index (χ4v) is 3.24. The molecule has 0 nitrogen and oxygen atoms in total. The van der Waals surface area contributed by atoms with Gasteiger partial charge in [-0.05, 0) is 43.4 Å². The van der Waals surface area contributed by atoms with Gasteiger partial charge in [0.2, 0.25) is 0 Å². The van der Waals surface area contributed by atoms with Crippen LogP contribution < -0.4 is 0 Å². The quantitative estimate of drug-likeness (QED) is 0.638. The van der Waals surface area contributed by atoms with Crippen LogP contribution in [0.2, 0.25) is 0 Å². The van der Waals surface area contributed by atoms with E-state index in [-0.39, 0.29) is 0 Å². The normalized spacial score (nSPS) is 35.3. The highest BCUT2D eigenvalue weighted by Crippen LogP contribution is 2.38. The monoisotopic (exact) mass is 246 g/mol. The Balaban J connectivity index is 2.40. The minimum Gasteiger partial charge on any atom is -0.0888 e. The van der Waals surface area contributed by atoms with Gasteiger partial charge < -0.3 is 0 Å². The Bertz CT molecular complexity index is 142. The molecular weight excluding hydrogens is 224 g/mol. The van der Waals surface area contributed by atoms with Gasteiger partial charge >= 0.3 is 0 Å². The maximum Gasteiger partial charge on any atom is 0.0174 e.